The highest BCUT2D eigenvalue weighted by Crippen LogP contribution is 2.04. The maximum atomic E-state index is 12.7. The second kappa shape index (κ2) is 13.0. The number of rotatable bonds is 13. The number of nitrogens with one attached hydrogen (secondary N) is 3. The number of aliphatic hydroxyl groups is 1. The first-order valence-corrected chi connectivity index (χ1v) is 9.91. The summed E-state index contributed by atoms with van der Waals surface area (Å²) in [7, 11) is 0. The Labute approximate surface area is 179 Å². The van der Waals surface area contributed by atoms with Gasteiger partial charge in [0.25, 0.3) is 0 Å². The summed E-state index contributed by atoms with van der Waals surface area (Å²) >= 11 is 3.82. The van der Waals surface area contributed by atoms with E-state index in [0.29, 0.717) is 0 Å². The van der Waals surface area contributed by atoms with E-state index in [1.807, 2.05) is 0 Å². The van der Waals surface area contributed by atoms with E-state index in [2.05, 4.69) is 28.6 Å². The fourth-order valence-corrected chi connectivity index (χ4v) is 2.48. The van der Waals surface area contributed by atoms with Gasteiger partial charge in [0, 0.05) is 12.2 Å². The zero-order valence-corrected chi connectivity index (χ0v) is 18.0. The van der Waals surface area contributed by atoms with Gasteiger partial charge in [-0.15, -0.1) is 0 Å². The molecule has 5 atom stereocenters. The minimum atomic E-state index is -1.52. The van der Waals surface area contributed by atoms with Crippen LogP contribution < -0.4 is 27.4 Å². The smallest absolute Gasteiger partial charge is 0.327 e. The Kier molecular flexibility index (Phi) is 12.0. The summed E-state index contributed by atoms with van der Waals surface area (Å²) in [6.45, 7) is 4.63. The van der Waals surface area contributed by atoms with Crippen LogP contribution in [0.5, 0.6) is 0 Å². The van der Waals surface area contributed by atoms with Gasteiger partial charge in [0.1, 0.15) is 18.1 Å². The van der Waals surface area contributed by atoms with Crippen molar-refractivity contribution in [3.05, 3.63) is 0 Å². The molecule has 0 heterocycles. The van der Waals surface area contributed by atoms with Crippen molar-refractivity contribution in [3.63, 3.8) is 0 Å². The molecule has 0 aromatic carbocycles. The van der Waals surface area contributed by atoms with Crippen LogP contribution in [0.1, 0.15) is 33.6 Å². The molecular formula is C17H31N5O7S. The highest BCUT2D eigenvalue weighted by atomic mass is 32.1. The molecule has 30 heavy (non-hydrogen) atoms. The van der Waals surface area contributed by atoms with E-state index in [1.54, 1.807) is 13.8 Å². The maximum Gasteiger partial charge on any atom is 0.327 e. The van der Waals surface area contributed by atoms with E-state index in [1.165, 1.54) is 6.92 Å². The van der Waals surface area contributed by atoms with Gasteiger partial charge in [0.2, 0.25) is 23.6 Å². The molecule has 0 aromatic heterocycles. The van der Waals surface area contributed by atoms with Crippen molar-refractivity contribution in [3.8, 4) is 0 Å². The number of carbonyl (C=O) groups excluding carboxylic acids is 4. The number of carboxylic acids is 1. The molecule has 0 aromatic rings. The molecule has 0 aliphatic carbocycles. The van der Waals surface area contributed by atoms with Gasteiger partial charge in [-0.05, 0) is 19.3 Å². The summed E-state index contributed by atoms with van der Waals surface area (Å²) in [4.78, 5) is 59.4. The zero-order valence-electron chi connectivity index (χ0n) is 17.1. The summed E-state index contributed by atoms with van der Waals surface area (Å²) in [5.74, 6) is -4.98. The zero-order chi connectivity index (χ0) is 23.6. The number of hydrogen-bond donors (Lipinski definition) is 8. The predicted molar refractivity (Wildman–Crippen MR) is 110 cm³/mol. The quantitative estimate of drug-likeness (QED) is 0.136. The van der Waals surface area contributed by atoms with E-state index in [-0.39, 0.29) is 24.5 Å². The van der Waals surface area contributed by atoms with Crippen molar-refractivity contribution in [2.75, 3.05) is 5.75 Å². The average Bonchev–Trinajstić information content (AvgIpc) is 2.65. The highest BCUT2D eigenvalue weighted by molar-refractivity contribution is 7.80. The molecule has 0 rings (SSSR count). The van der Waals surface area contributed by atoms with Gasteiger partial charge in [0.05, 0.1) is 12.1 Å². The van der Waals surface area contributed by atoms with Gasteiger partial charge in [0.15, 0.2) is 0 Å². The van der Waals surface area contributed by atoms with Crippen molar-refractivity contribution in [2.24, 2.45) is 17.4 Å². The summed E-state index contributed by atoms with van der Waals surface area (Å²) in [6, 6.07) is -5.04. The van der Waals surface area contributed by atoms with Crippen LogP contribution in [0.3, 0.4) is 0 Å². The minimum Gasteiger partial charge on any atom is -0.480 e. The molecule has 0 radical (unpaired) electrons. The van der Waals surface area contributed by atoms with Crippen molar-refractivity contribution < 1.29 is 34.2 Å². The second-order valence-electron chi connectivity index (χ2n) is 7.14. The third kappa shape index (κ3) is 9.41. The third-order valence-corrected chi connectivity index (χ3v) is 4.56. The molecule has 0 aliphatic rings. The number of nitrogens with two attached hydrogens (primary N) is 2. The molecule has 0 saturated heterocycles. The van der Waals surface area contributed by atoms with Crippen LogP contribution in [0.2, 0.25) is 0 Å². The van der Waals surface area contributed by atoms with Crippen molar-refractivity contribution in [1.29, 1.82) is 0 Å². The van der Waals surface area contributed by atoms with Crippen molar-refractivity contribution in [1.82, 2.24) is 16.0 Å². The Morgan fingerprint density at radius 1 is 0.933 bits per heavy atom. The van der Waals surface area contributed by atoms with Crippen molar-refractivity contribution in [2.45, 2.75) is 63.9 Å². The van der Waals surface area contributed by atoms with E-state index >= 15 is 0 Å². The Balaban J connectivity index is 5.41. The number of hydrogen-bond acceptors (Lipinski definition) is 8. The molecule has 9 N–H and O–H groups in total. The van der Waals surface area contributed by atoms with E-state index in [4.69, 9.17) is 16.6 Å². The Hall–Kier alpha value is -2.38. The van der Waals surface area contributed by atoms with Crippen LogP contribution in [0.4, 0.5) is 0 Å². The van der Waals surface area contributed by atoms with Gasteiger partial charge in [-0.2, -0.15) is 12.6 Å². The van der Waals surface area contributed by atoms with Crippen LogP contribution in [-0.4, -0.2) is 75.8 Å². The second-order valence-corrected chi connectivity index (χ2v) is 7.51. The summed E-state index contributed by atoms with van der Waals surface area (Å²) in [5, 5.41) is 25.7. The highest BCUT2D eigenvalue weighted by Gasteiger charge is 2.32. The van der Waals surface area contributed by atoms with E-state index in [9.17, 15) is 29.1 Å². The molecule has 13 heteroatoms. The number of thiol groups is 1. The lowest BCUT2D eigenvalue weighted by atomic mass is 10.0. The molecule has 172 valence electrons. The van der Waals surface area contributed by atoms with Crippen LogP contribution in [0, 0.1) is 5.92 Å². The normalized spacial score (nSPS) is 16.0. The van der Waals surface area contributed by atoms with Gasteiger partial charge in [-0.1, -0.05) is 13.8 Å². The molecule has 0 aliphatic heterocycles. The maximum absolute atomic E-state index is 12.7. The molecular weight excluding hydrogens is 418 g/mol. The predicted octanol–water partition coefficient (Wildman–Crippen LogP) is -2.92. The monoisotopic (exact) mass is 449 g/mol. The molecule has 5 unspecified atom stereocenters. The number of aliphatic carboxylic acids is 1. The first-order valence-electron chi connectivity index (χ1n) is 9.28. The number of carbonyl (C=O) groups is 5. The fraction of sp³-hybridized carbons (Fsp3) is 0.706. The van der Waals surface area contributed by atoms with Gasteiger partial charge in [-0.25, -0.2) is 4.79 Å². The first kappa shape index (κ1) is 27.6. The molecule has 0 saturated carbocycles. The lowest BCUT2D eigenvalue weighted by Crippen LogP contribution is -2.60. The average molecular weight is 450 g/mol. The third-order valence-electron chi connectivity index (χ3n) is 4.19. The summed E-state index contributed by atoms with van der Waals surface area (Å²) in [5.41, 5.74) is 10.9. The molecule has 0 fully saturated rings. The van der Waals surface area contributed by atoms with Crippen LogP contribution >= 0.6 is 12.6 Å². The first-order chi connectivity index (χ1) is 13.8. The number of aliphatic hydroxyl groups excluding tert-OH is 1. The van der Waals surface area contributed by atoms with E-state index in [0.717, 1.165) is 0 Å². The fourth-order valence-electron chi connectivity index (χ4n) is 2.23. The molecule has 0 bridgehead atoms. The number of amides is 4. The van der Waals surface area contributed by atoms with Crippen LogP contribution in [0.15, 0.2) is 0 Å². The number of carboxylic acid groups (broad SMARTS) is 1. The summed E-state index contributed by atoms with van der Waals surface area (Å²) in [6.07, 6.45) is -1.80. The lowest BCUT2D eigenvalue weighted by molar-refractivity contribution is -0.142. The van der Waals surface area contributed by atoms with Crippen molar-refractivity contribution >= 4 is 42.2 Å². The largest absolute Gasteiger partial charge is 0.480 e. The minimum absolute atomic E-state index is 0.166. The number of primary amides is 1. The molecule has 4 amide bonds. The Bertz CT molecular complexity index is 644. The van der Waals surface area contributed by atoms with Gasteiger partial charge >= 0.3 is 5.97 Å². The lowest BCUT2D eigenvalue weighted by Gasteiger charge is -2.26. The van der Waals surface area contributed by atoms with Gasteiger partial charge < -0.3 is 37.6 Å². The molecule has 0 spiro atoms. The van der Waals surface area contributed by atoms with Crippen LogP contribution in [0.25, 0.3) is 0 Å². The van der Waals surface area contributed by atoms with E-state index < -0.39 is 59.9 Å². The molecule has 12 nitrogen and oxygen atoms in total. The SMILES string of the molecule is CC(C)C(N)C(=O)NC(CCC(N)=O)C(=O)NC(C(=O)NC(CS)C(=O)O)C(C)O. The Morgan fingerprint density at radius 2 is 1.47 bits per heavy atom. The summed E-state index contributed by atoms with van der Waals surface area (Å²) < 4.78 is 0. The Morgan fingerprint density at radius 3 is 1.87 bits per heavy atom. The van der Waals surface area contributed by atoms with Gasteiger partial charge in [-0.3, -0.25) is 19.2 Å². The standard InChI is InChI=1S/C17H31N5O7S/c1-7(2)12(19)15(26)20-9(4-5-11(18)24)14(25)22-13(8(3)23)16(27)21-10(6-30)17(28)29/h7-10,12-13,23,30H,4-6,19H2,1-3H3,(H2,18,24)(H,20,26)(H,21,27)(H,22,25)(H,28,29). The topological polar surface area (TPSA) is 214 Å². The van der Waals surface area contributed by atoms with Crippen LogP contribution in [-0.2, 0) is 24.0 Å².